The second kappa shape index (κ2) is 5.45. The van der Waals surface area contributed by atoms with Gasteiger partial charge in [-0.1, -0.05) is 13.8 Å². The van der Waals surface area contributed by atoms with E-state index in [1.807, 2.05) is 13.8 Å². The first-order chi connectivity index (χ1) is 11.4. The number of piperidine rings is 1. The first-order valence-electron chi connectivity index (χ1n) is 7.99. The molecule has 2 aromatic rings. The summed E-state index contributed by atoms with van der Waals surface area (Å²) in [5.74, 6) is -1.35. The van der Waals surface area contributed by atoms with E-state index in [1.54, 1.807) is 11.8 Å². The zero-order valence-corrected chi connectivity index (χ0v) is 14.2. The highest BCUT2D eigenvalue weighted by Crippen LogP contribution is 2.38. The molecule has 1 fully saturated rings. The Bertz CT molecular complexity index is 824. The molecule has 1 aromatic carbocycles. The summed E-state index contributed by atoms with van der Waals surface area (Å²) in [7, 11) is 0. The number of amides is 1. The number of benzene rings is 1. The third-order valence-electron chi connectivity index (χ3n) is 5.20. The van der Waals surface area contributed by atoms with Gasteiger partial charge >= 0.3 is 6.18 Å². The molecular weight excluding hydrogens is 335 g/mol. The van der Waals surface area contributed by atoms with Gasteiger partial charge in [0.2, 0.25) is 5.82 Å². The number of carbonyl (C=O) groups is 1. The van der Waals surface area contributed by atoms with Crippen molar-refractivity contribution in [2.45, 2.75) is 39.0 Å². The van der Waals surface area contributed by atoms with E-state index in [0.29, 0.717) is 25.1 Å². The first kappa shape index (κ1) is 17.7. The van der Waals surface area contributed by atoms with Crippen LogP contribution in [0.3, 0.4) is 0 Å². The highest BCUT2D eigenvalue weighted by atomic mass is 19.4. The lowest BCUT2D eigenvalue weighted by atomic mass is 9.71. The maximum absolute atomic E-state index is 12.7. The number of alkyl halides is 3. The highest BCUT2D eigenvalue weighted by molar-refractivity contribution is 5.97. The SMILES string of the molecule is CC1(C)CN(C(=O)c2ccc3nc(C(F)(F)F)[nH]c3c2)CC[C@@]1(C)O. The van der Waals surface area contributed by atoms with Crippen LogP contribution in [0.4, 0.5) is 13.2 Å². The maximum Gasteiger partial charge on any atom is 0.449 e. The van der Waals surface area contributed by atoms with Gasteiger partial charge in [0, 0.05) is 24.1 Å². The lowest BCUT2D eigenvalue weighted by Gasteiger charge is -2.48. The average Bonchev–Trinajstić information content (AvgIpc) is 2.92. The summed E-state index contributed by atoms with van der Waals surface area (Å²) in [6.45, 7) is 6.29. The molecule has 3 rings (SSSR count). The van der Waals surface area contributed by atoms with Crippen molar-refractivity contribution in [1.82, 2.24) is 14.9 Å². The van der Waals surface area contributed by atoms with Gasteiger partial charge in [-0.2, -0.15) is 13.2 Å². The Hall–Kier alpha value is -2.09. The zero-order chi connectivity index (χ0) is 18.6. The summed E-state index contributed by atoms with van der Waals surface area (Å²) < 4.78 is 38.2. The summed E-state index contributed by atoms with van der Waals surface area (Å²) >= 11 is 0. The topological polar surface area (TPSA) is 69.2 Å². The van der Waals surface area contributed by atoms with Crippen molar-refractivity contribution in [3.05, 3.63) is 29.6 Å². The Kier molecular flexibility index (Phi) is 3.87. The second-order valence-electron chi connectivity index (χ2n) is 7.45. The molecule has 1 amide bonds. The number of nitrogens with one attached hydrogen (secondary N) is 1. The highest BCUT2D eigenvalue weighted by Gasteiger charge is 2.45. The van der Waals surface area contributed by atoms with Gasteiger partial charge in [0.05, 0.1) is 16.6 Å². The Morgan fingerprint density at radius 1 is 1.32 bits per heavy atom. The fraction of sp³-hybridized carbons (Fsp3) is 0.529. The summed E-state index contributed by atoms with van der Waals surface area (Å²) in [6.07, 6.45) is -4.12. The van der Waals surface area contributed by atoms with E-state index < -0.39 is 23.0 Å². The standard InChI is InChI=1S/C17H20F3N3O2/c1-15(2)9-23(7-6-16(15,3)25)13(24)10-4-5-11-12(8-10)22-14(21-11)17(18,19)20/h4-5,8,25H,6-7,9H2,1-3H3,(H,21,22)/t16-/m1/s1. The molecule has 1 atom stereocenters. The van der Waals surface area contributed by atoms with Gasteiger partial charge in [0.1, 0.15) is 0 Å². The van der Waals surface area contributed by atoms with Gasteiger partial charge in [-0.3, -0.25) is 4.79 Å². The number of halogens is 3. The number of aliphatic hydroxyl groups is 1. The van der Waals surface area contributed by atoms with Crippen molar-refractivity contribution in [2.75, 3.05) is 13.1 Å². The quantitative estimate of drug-likeness (QED) is 0.825. The van der Waals surface area contributed by atoms with Crippen LogP contribution in [0.5, 0.6) is 0 Å². The van der Waals surface area contributed by atoms with Crippen molar-refractivity contribution in [3.63, 3.8) is 0 Å². The molecule has 2 heterocycles. The smallest absolute Gasteiger partial charge is 0.389 e. The van der Waals surface area contributed by atoms with Gasteiger partial charge in [-0.25, -0.2) is 4.98 Å². The molecule has 0 bridgehead atoms. The number of aromatic nitrogens is 2. The fourth-order valence-corrected chi connectivity index (χ4v) is 3.05. The maximum atomic E-state index is 12.7. The first-order valence-corrected chi connectivity index (χ1v) is 7.99. The minimum absolute atomic E-state index is 0.158. The van der Waals surface area contributed by atoms with Crippen LogP contribution in [0.15, 0.2) is 18.2 Å². The van der Waals surface area contributed by atoms with Gasteiger partial charge in [0.15, 0.2) is 0 Å². The fourth-order valence-electron chi connectivity index (χ4n) is 3.05. The summed E-state index contributed by atoms with van der Waals surface area (Å²) in [5, 5.41) is 10.4. The monoisotopic (exact) mass is 355 g/mol. The number of hydrogen-bond donors (Lipinski definition) is 2. The predicted octanol–water partition coefficient (Wildman–Crippen LogP) is 3.20. The molecule has 0 saturated carbocycles. The molecule has 1 saturated heterocycles. The van der Waals surface area contributed by atoms with Crippen molar-refractivity contribution < 1.29 is 23.1 Å². The average molecular weight is 355 g/mol. The van der Waals surface area contributed by atoms with Crippen molar-refractivity contribution >= 4 is 16.9 Å². The van der Waals surface area contributed by atoms with Crippen LogP contribution < -0.4 is 0 Å². The third kappa shape index (κ3) is 3.10. The van der Waals surface area contributed by atoms with Gasteiger partial charge < -0.3 is 15.0 Å². The van der Waals surface area contributed by atoms with E-state index in [4.69, 9.17) is 0 Å². The van der Waals surface area contributed by atoms with Crippen LogP contribution in [0.1, 0.15) is 43.4 Å². The molecule has 0 radical (unpaired) electrons. The van der Waals surface area contributed by atoms with E-state index in [9.17, 15) is 23.1 Å². The zero-order valence-electron chi connectivity index (χ0n) is 14.2. The molecule has 136 valence electrons. The number of aromatic amines is 1. The molecule has 0 spiro atoms. The number of likely N-dealkylation sites (tertiary alicyclic amines) is 1. The molecule has 1 aliphatic heterocycles. The van der Waals surface area contributed by atoms with E-state index >= 15 is 0 Å². The molecule has 25 heavy (non-hydrogen) atoms. The largest absolute Gasteiger partial charge is 0.449 e. The number of H-pyrrole nitrogens is 1. The van der Waals surface area contributed by atoms with Crippen LogP contribution in [0, 0.1) is 5.41 Å². The minimum Gasteiger partial charge on any atom is -0.389 e. The lowest BCUT2D eigenvalue weighted by Crippen LogP contribution is -2.56. The molecule has 8 heteroatoms. The van der Waals surface area contributed by atoms with E-state index in [1.165, 1.54) is 18.2 Å². The molecule has 5 nitrogen and oxygen atoms in total. The summed E-state index contributed by atoms with van der Waals surface area (Å²) in [4.78, 5) is 20.1. The number of fused-ring (bicyclic) bond motifs is 1. The predicted molar refractivity (Wildman–Crippen MR) is 86.0 cm³/mol. The lowest BCUT2D eigenvalue weighted by molar-refractivity contribution is -0.144. The normalized spacial score (nSPS) is 23.9. The summed E-state index contributed by atoms with van der Waals surface area (Å²) in [6, 6.07) is 4.27. The number of rotatable bonds is 1. The molecule has 1 aliphatic rings. The Morgan fingerprint density at radius 2 is 2.00 bits per heavy atom. The molecule has 1 aromatic heterocycles. The van der Waals surface area contributed by atoms with Crippen molar-refractivity contribution in [3.8, 4) is 0 Å². The number of carbonyl (C=O) groups excluding carboxylic acids is 1. The van der Waals surface area contributed by atoms with Crippen LogP contribution in [-0.2, 0) is 6.18 Å². The number of hydrogen-bond acceptors (Lipinski definition) is 3. The van der Waals surface area contributed by atoms with Crippen LogP contribution >= 0.6 is 0 Å². The Morgan fingerprint density at radius 3 is 2.60 bits per heavy atom. The van der Waals surface area contributed by atoms with Crippen LogP contribution in [0.25, 0.3) is 11.0 Å². The summed E-state index contributed by atoms with van der Waals surface area (Å²) in [5.41, 5.74) is -0.740. The molecule has 2 N–H and O–H groups in total. The molecule has 0 unspecified atom stereocenters. The second-order valence-corrected chi connectivity index (χ2v) is 7.45. The van der Waals surface area contributed by atoms with Crippen molar-refractivity contribution in [2.24, 2.45) is 5.41 Å². The Labute approximate surface area is 142 Å². The van der Waals surface area contributed by atoms with E-state index in [2.05, 4.69) is 9.97 Å². The minimum atomic E-state index is -4.56. The molecular formula is C17H20F3N3O2. The Balaban J connectivity index is 1.88. The van der Waals surface area contributed by atoms with Gasteiger partial charge in [0.25, 0.3) is 5.91 Å². The van der Waals surface area contributed by atoms with Crippen molar-refractivity contribution in [1.29, 1.82) is 0 Å². The molecule has 0 aliphatic carbocycles. The number of imidazole rings is 1. The third-order valence-corrected chi connectivity index (χ3v) is 5.20. The van der Waals surface area contributed by atoms with E-state index in [0.717, 1.165) is 0 Å². The van der Waals surface area contributed by atoms with E-state index in [-0.39, 0.29) is 16.9 Å². The van der Waals surface area contributed by atoms with Gasteiger partial charge in [-0.05, 0) is 31.5 Å². The number of nitrogens with zero attached hydrogens (tertiary/aromatic N) is 2. The van der Waals surface area contributed by atoms with Crippen LogP contribution in [-0.4, -0.2) is 44.6 Å². The van der Waals surface area contributed by atoms with Crippen LogP contribution in [0.2, 0.25) is 0 Å². The van der Waals surface area contributed by atoms with Gasteiger partial charge in [-0.15, -0.1) is 0 Å².